The van der Waals surface area contributed by atoms with Crippen LogP contribution in [-0.4, -0.2) is 29.1 Å². The standard InChI is InChI=1S/C7H17NS2/c1-7(2)10-6-5-9-4-3-8/h7H,3-6,8H2,1-2H3. The average Bonchev–Trinajstić information content (AvgIpc) is 1.87. The van der Waals surface area contributed by atoms with Crippen LogP contribution in [0.4, 0.5) is 0 Å². The summed E-state index contributed by atoms with van der Waals surface area (Å²) in [6, 6.07) is 0. The Bertz CT molecular complexity index is 66.6. The molecule has 0 saturated carbocycles. The van der Waals surface area contributed by atoms with Crippen molar-refractivity contribution < 1.29 is 0 Å². The highest BCUT2D eigenvalue weighted by atomic mass is 32.2. The van der Waals surface area contributed by atoms with Crippen molar-refractivity contribution in [2.45, 2.75) is 19.1 Å². The van der Waals surface area contributed by atoms with Crippen LogP contribution in [-0.2, 0) is 0 Å². The van der Waals surface area contributed by atoms with Crippen molar-refractivity contribution in [1.82, 2.24) is 0 Å². The third-order valence-corrected chi connectivity index (χ3v) is 3.32. The molecule has 3 heteroatoms. The van der Waals surface area contributed by atoms with E-state index in [1.54, 1.807) is 0 Å². The highest BCUT2D eigenvalue weighted by molar-refractivity contribution is 8.03. The lowest BCUT2D eigenvalue weighted by atomic mass is 10.6. The molecule has 0 heterocycles. The predicted octanol–water partition coefficient (Wildman–Crippen LogP) is 1.82. The van der Waals surface area contributed by atoms with E-state index in [2.05, 4.69) is 13.8 Å². The minimum atomic E-state index is 0.776. The fourth-order valence-corrected chi connectivity index (χ4v) is 2.23. The van der Waals surface area contributed by atoms with Gasteiger partial charge in [0.25, 0.3) is 0 Å². The quantitative estimate of drug-likeness (QED) is 0.630. The molecule has 0 fully saturated rings. The van der Waals surface area contributed by atoms with E-state index >= 15 is 0 Å². The topological polar surface area (TPSA) is 26.0 Å². The molecule has 0 atom stereocenters. The van der Waals surface area contributed by atoms with Crippen molar-refractivity contribution in [2.24, 2.45) is 5.73 Å². The largest absolute Gasteiger partial charge is 0.330 e. The van der Waals surface area contributed by atoms with Crippen LogP contribution in [0.25, 0.3) is 0 Å². The summed E-state index contributed by atoms with van der Waals surface area (Å²) in [5, 5.41) is 0.776. The molecular weight excluding hydrogens is 162 g/mol. The first-order valence-electron chi connectivity index (χ1n) is 3.66. The number of hydrogen-bond donors (Lipinski definition) is 1. The zero-order valence-electron chi connectivity index (χ0n) is 6.80. The molecule has 0 rings (SSSR count). The highest BCUT2D eigenvalue weighted by Crippen LogP contribution is 2.11. The lowest BCUT2D eigenvalue weighted by Crippen LogP contribution is -2.02. The fraction of sp³-hybridized carbons (Fsp3) is 1.00. The summed E-state index contributed by atoms with van der Waals surface area (Å²) in [7, 11) is 0. The molecule has 2 N–H and O–H groups in total. The molecule has 0 aliphatic carbocycles. The van der Waals surface area contributed by atoms with Crippen molar-refractivity contribution in [3.8, 4) is 0 Å². The Labute approximate surface area is 72.5 Å². The summed E-state index contributed by atoms with van der Waals surface area (Å²) in [6.07, 6.45) is 0. The zero-order chi connectivity index (χ0) is 7.82. The number of rotatable bonds is 6. The molecule has 0 unspecified atom stereocenters. The van der Waals surface area contributed by atoms with Gasteiger partial charge in [0.2, 0.25) is 0 Å². The van der Waals surface area contributed by atoms with Gasteiger partial charge in [-0.3, -0.25) is 0 Å². The lowest BCUT2D eigenvalue weighted by Gasteiger charge is -2.02. The summed E-state index contributed by atoms with van der Waals surface area (Å²) in [4.78, 5) is 0. The van der Waals surface area contributed by atoms with Crippen LogP contribution in [0.3, 0.4) is 0 Å². The van der Waals surface area contributed by atoms with Gasteiger partial charge in [0, 0.05) is 23.8 Å². The van der Waals surface area contributed by atoms with Gasteiger partial charge in [-0.25, -0.2) is 0 Å². The highest BCUT2D eigenvalue weighted by Gasteiger charge is 1.92. The van der Waals surface area contributed by atoms with Gasteiger partial charge in [0.05, 0.1) is 0 Å². The average molecular weight is 179 g/mol. The Morgan fingerprint density at radius 1 is 1.20 bits per heavy atom. The molecule has 10 heavy (non-hydrogen) atoms. The molecule has 0 radical (unpaired) electrons. The second-order valence-electron chi connectivity index (χ2n) is 2.32. The van der Waals surface area contributed by atoms with Gasteiger partial charge in [-0.1, -0.05) is 13.8 Å². The van der Waals surface area contributed by atoms with Gasteiger partial charge in [0.15, 0.2) is 0 Å². The molecule has 0 amide bonds. The summed E-state index contributed by atoms with van der Waals surface area (Å²) in [6.45, 7) is 5.29. The van der Waals surface area contributed by atoms with Crippen LogP contribution in [0.15, 0.2) is 0 Å². The zero-order valence-corrected chi connectivity index (χ0v) is 8.43. The van der Waals surface area contributed by atoms with Crippen molar-refractivity contribution in [3.05, 3.63) is 0 Å². The molecule has 0 aliphatic heterocycles. The second-order valence-corrected chi connectivity index (χ2v) is 5.23. The molecule has 0 aliphatic rings. The minimum absolute atomic E-state index is 0.776. The molecular formula is C7H17NS2. The first kappa shape index (κ1) is 10.7. The van der Waals surface area contributed by atoms with Crippen molar-refractivity contribution in [3.63, 3.8) is 0 Å². The van der Waals surface area contributed by atoms with Crippen LogP contribution >= 0.6 is 23.5 Å². The van der Waals surface area contributed by atoms with Gasteiger partial charge < -0.3 is 5.73 Å². The molecule has 0 spiro atoms. The van der Waals surface area contributed by atoms with Crippen molar-refractivity contribution in [1.29, 1.82) is 0 Å². The maximum Gasteiger partial charge on any atom is 0.00561 e. The predicted molar refractivity (Wildman–Crippen MR) is 54.0 cm³/mol. The summed E-state index contributed by atoms with van der Waals surface area (Å²) in [5.74, 6) is 3.63. The van der Waals surface area contributed by atoms with E-state index in [0.717, 1.165) is 17.5 Å². The van der Waals surface area contributed by atoms with Gasteiger partial charge in [-0.05, 0) is 5.25 Å². The molecule has 0 aromatic heterocycles. The minimum Gasteiger partial charge on any atom is -0.330 e. The molecule has 1 nitrogen and oxygen atoms in total. The number of hydrogen-bond acceptors (Lipinski definition) is 3. The summed E-state index contributed by atoms with van der Waals surface area (Å²) in [5.41, 5.74) is 5.34. The third kappa shape index (κ3) is 8.66. The number of thioether (sulfide) groups is 2. The van der Waals surface area contributed by atoms with Crippen LogP contribution < -0.4 is 5.73 Å². The lowest BCUT2D eigenvalue weighted by molar-refractivity contribution is 1.11. The van der Waals surface area contributed by atoms with E-state index in [-0.39, 0.29) is 0 Å². The van der Waals surface area contributed by atoms with E-state index in [1.807, 2.05) is 23.5 Å². The Balaban J connectivity index is 2.77. The molecule has 0 saturated heterocycles. The Kier molecular flexibility index (Phi) is 8.28. The van der Waals surface area contributed by atoms with E-state index in [1.165, 1.54) is 11.5 Å². The molecule has 0 aromatic carbocycles. The molecule has 0 aromatic rings. The van der Waals surface area contributed by atoms with Crippen LogP contribution in [0, 0.1) is 0 Å². The Hall–Kier alpha value is 0.660. The maximum absolute atomic E-state index is 5.34. The van der Waals surface area contributed by atoms with E-state index in [9.17, 15) is 0 Å². The SMILES string of the molecule is CC(C)SCCSCCN. The van der Waals surface area contributed by atoms with E-state index in [4.69, 9.17) is 5.73 Å². The monoisotopic (exact) mass is 179 g/mol. The second kappa shape index (κ2) is 7.76. The van der Waals surface area contributed by atoms with Crippen molar-refractivity contribution in [2.75, 3.05) is 23.8 Å². The van der Waals surface area contributed by atoms with E-state index in [0.29, 0.717) is 0 Å². The Morgan fingerprint density at radius 2 is 1.90 bits per heavy atom. The van der Waals surface area contributed by atoms with Gasteiger partial charge in [0.1, 0.15) is 0 Å². The number of nitrogens with two attached hydrogens (primary N) is 1. The summed E-state index contributed by atoms with van der Waals surface area (Å²) >= 11 is 3.97. The third-order valence-electron chi connectivity index (χ3n) is 0.941. The van der Waals surface area contributed by atoms with Gasteiger partial charge in [-0.2, -0.15) is 23.5 Å². The van der Waals surface area contributed by atoms with Crippen LogP contribution in [0.5, 0.6) is 0 Å². The van der Waals surface area contributed by atoms with Crippen molar-refractivity contribution >= 4 is 23.5 Å². The van der Waals surface area contributed by atoms with Crippen LogP contribution in [0.2, 0.25) is 0 Å². The summed E-state index contributed by atoms with van der Waals surface area (Å²) < 4.78 is 0. The maximum atomic E-state index is 5.34. The fourth-order valence-electron chi connectivity index (χ4n) is 0.528. The molecule has 0 bridgehead atoms. The van der Waals surface area contributed by atoms with Gasteiger partial charge >= 0.3 is 0 Å². The molecule has 62 valence electrons. The Morgan fingerprint density at radius 3 is 2.40 bits per heavy atom. The smallest absolute Gasteiger partial charge is 0.00561 e. The van der Waals surface area contributed by atoms with E-state index < -0.39 is 0 Å². The first-order valence-corrected chi connectivity index (χ1v) is 5.87. The van der Waals surface area contributed by atoms with Gasteiger partial charge in [-0.15, -0.1) is 0 Å². The van der Waals surface area contributed by atoms with Crippen LogP contribution in [0.1, 0.15) is 13.8 Å². The first-order chi connectivity index (χ1) is 4.77. The normalized spacial score (nSPS) is 10.8.